The van der Waals surface area contributed by atoms with Gasteiger partial charge in [0.2, 0.25) is 6.10 Å². The largest absolute Gasteiger partial charge is 0.443 e. The lowest BCUT2D eigenvalue weighted by Crippen LogP contribution is -2.26. The molecule has 1 heterocycles. The number of esters is 1. The summed E-state index contributed by atoms with van der Waals surface area (Å²) < 4.78 is 18.3. The van der Waals surface area contributed by atoms with Gasteiger partial charge in [-0.15, -0.1) is 11.3 Å². The summed E-state index contributed by atoms with van der Waals surface area (Å²) in [5, 5.41) is 0. The molecule has 4 nitrogen and oxygen atoms in total. The second kappa shape index (κ2) is 6.02. The number of carbonyl (C=O) groups is 2. The lowest BCUT2D eigenvalue weighted by Gasteiger charge is -2.14. The van der Waals surface area contributed by atoms with Gasteiger partial charge in [0.05, 0.1) is 4.34 Å². The normalized spacial score (nSPS) is 11.9. The Balaban J connectivity index is 2.20. The monoisotopic (exact) mass is 313 g/mol. The number of amides is 1. The van der Waals surface area contributed by atoms with E-state index < -0.39 is 23.8 Å². The summed E-state index contributed by atoms with van der Waals surface area (Å²) in [6, 6.07) is 8.00. The van der Waals surface area contributed by atoms with Gasteiger partial charge in [-0.2, -0.15) is 0 Å². The maximum absolute atomic E-state index is 12.8. The van der Waals surface area contributed by atoms with Crippen LogP contribution in [0.5, 0.6) is 0 Å². The molecule has 0 aliphatic heterocycles. The van der Waals surface area contributed by atoms with Crippen LogP contribution in [0.2, 0.25) is 4.34 Å². The first-order chi connectivity index (χ1) is 9.47. The van der Waals surface area contributed by atoms with Crippen LogP contribution in [0.1, 0.15) is 21.3 Å². The minimum absolute atomic E-state index is 0.253. The van der Waals surface area contributed by atoms with Gasteiger partial charge in [0.15, 0.2) is 0 Å². The van der Waals surface area contributed by atoms with Gasteiger partial charge in [-0.25, -0.2) is 9.18 Å². The van der Waals surface area contributed by atoms with Gasteiger partial charge in [0.1, 0.15) is 10.7 Å². The first-order valence-electron chi connectivity index (χ1n) is 5.48. The first kappa shape index (κ1) is 14.5. The Morgan fingerprint density at radius 3 is 2.35 bits per heavy atom. The molecule has 2 rings (SSSR count). The summed E-state index contributed by atoms with van der Waals surface area (Å²) in [6.07, 6.45) is -1.27. The number of ether oxygens (including phenoxy) is 1. The third-order valence-electron chi connectivity index (χ3n) is 2.43. The van der Waals surface area contributed by atoms with Crippen molar-refractivity contribution in [2.45, 2.75) is 6.10 Å². The van der Waals surface area contributed by atoms with Crippen molar-refractivity contribution in [3.8, 4) is 0 Å². The molecule has 0 saturated heterocycles. The van der Waals surface area contributed by atoms with Crippen LogP contribution in [0.4, 0.5) is 4.39 Å². The molecule has 1 aromatic heterocycles. The lowest BCUT2D eigenvalue weighted by molar-refractivity contribution is -0.127. The van der Waals surface area contributed by atoms with Crippen LogP contribution in [0.15, 0.2) is 36.4 Å². The van der Waals surface area contributed by atoms with Crippen molar-refractivity contribution in [2.24, 2.45) is 5.73 Å². The third-order valence-corrected chi connectivity index (χ3v) is 3.64. The predicted molar refractivity (Wildman–Crippen MR) is 73.1 cm³/mol. The Labute approximate surface area is 122 Å². The lowest BCUT2D eigenvalue weighted by atomic mass is 10.1. The van der Waals surface area contributed by atoms with Crippen LogP contribution in [-0.4, -0.2) is 11.9 Å². The number of benzene rings is 1. The Bertz CT molecular complexity index is 641. The third kappa shape index (κ3) is 3.34. The van der Waals surface area contributed by atoms with Crippen molar-refractivity contribution in [1.29, 1.82) is 0 Å². The first-order valence-corrected chi connectivity index (χ1v) is 6.68. The van der Waals surface area contributed by atoms with E-state index in [-0.39, 0.29) is 4.88 Å². The fourth-order valence-corrected chi connectivity index (χ4v) is 2.44. The predicted octanol–water partition coefficient (Wildman–Crippen LogP) is 2.92. The Morgan fingerprint density at radius 1 is 1.20 bits per heavy atom. The highest BCUT2D eigenvalue weighted by atomic mass is 35.5. The van der Waals surface area contributed by atoms with Crippen molar-refractivity contribution in [1.82, 2.24) is 0 Å². The number of halogens is 2. The van der Waals surface area contributed by atoms with Gasteiger partial charge in [0.25, 0.3) is 5.91 Å². The van der Waals surface area contributed by atoms with Crippen LogP contribution in [-0.2, 0) is 9.53 Å². The van der Waals surface area contributed by atoms with Gasteiger partial charge in [0, 0.05) is 5.56 Å². The van der Waals surface area contributed by atoms with Gasteiger partial charge < -0.3 is 10.5 Å². The number of hydrogen-bond acceptors (Lipinski definition) is 4. The molecule has 0 unspecified atom stereocenters. The minimum Gasteiger partial charge on any atom is -0.443 e. The highest BCUT2D eigenvalue weighted by Gasteiger charge is 2.24. The fourth-order valence-electron chi connectivity index (χ4n) is 1.52. The van der Waals surface area contributed by atoms with E-state index in [1.165, 1.54) is 18.2 Å². The van der Waals surface area contributed by atoms with E-state index in [1.807, 2.05) is 0 Å². The molecule has 0 radical (unpaired) electrons. The van der Waals surface area contributed by atoms with E-state index >= 15 is 0 Å². The van der Waals surface area contributed by atoms with Crippen LogP contribution >= 0.6 is 22.9 Å². The Hall–Kier alpha value is -1.92. The molecule has 0 aliphatic carbocycles. The number of nitrogens with two attached hydrogens (primary N) is 1. The molecule has 0 saturated carbocycles. The molecule has 20 heavy (non-hydrogen) atoms. The minimum atomic E-state index is -1.27. The molecule has 0 fully saturated rings. The van der Waals surface area contributed by atoms with Crippen molar-refractivity contribution in [2.75, 3.05) is 0 Å². The summed E-state index contributed by atoms with van der Waals surface area (Å²) in [4.78, 5) is 23.5. The summed E-state index contributed by atoms with van der Waals surface area (Å²) in [5.41, 5.74) is 5.51. The van der Waals surface area contributed by atoms with E-state index in [2.05, 4.69) is 0 Å². The average Bonchev–Trinajstić information content (AvgIpc) is 2.83. The Morgan fingerprint density at radius 2 is 1.85 bits per heavy atom. The molecule has 1 amide bonds. The van der Waals surface area contributed by atoms with Gasteiger partial charge in [-0.3, -0.25) is 4.79 Å². The van der Waals surface area contributed by atoms with Crippen LogP contribution in [0, 0.1) is 5.82 Å². The molecular formula is C13H9ClFNO3S. The summed E-state index contributed by atoms with van der Waals surface area (Å²) >= 11 is 6.74. The quantitative estimate of drug-likeness (QED) is 0.882. The molecule has 1 aromatic carbocycles. The summed E-state index contributed by atoms with van der Waals surface area (Å²) in [7, 11) is 0. The summed E-state index contributed by atoms with van der Waals surface area (Å²) in [6.45, 7) is 0. The van der Waals surface area contributed by atoms with Gasteiger partial charge >= 0.3 is 5.97 Å². The molecular weight excluding hydrogens is 305 g/mol. The van der Waals surface area contributed by atoms with Crippen LogP contribution in [0.3, 0.4) is 0 Å². The van der Waals surface area contributed by atoms with E-state index in [0.717, 1.165) is 23.5 Å². The molecule has 104 valence electrons. The standard InChI is InChI=1S/C13H9ClFNO3S/c14-10-6-5-9(20-10)13(18)19-11(12(16)17)7-1-3-8(15)4-2-7/h1-6,11H,(H2,16,17)/t11-/m0/s1. The smallest absolute Gasteiger partial charge is 0.349 e. The van der Waals surface area contributed by atoms with Gasteiger partial charge in [-0.05, 0) is 24.3 Å². The molecule has 1 atom stereocenters. The van der Waals surface area contributed by atoms with Gasteiger partial charge in [-0.1, -0.05) is 23.7 Å². The zero-order chi connectivity index (χ0) is 14.7. The highest BCUT2D eigenvalue weighted by Crippen LogP contribution is 2.25. The SMILES string of the molecule is NC(=O)[C@@H](OC(=O)c1ccc(Cl)s1)c1ccc(F)cc1. The van der Waals surface area contributed by atoms with Crippen molar-refractivity contribution in [3.05, 3.63) is 57.0 Å². The van der Waals surface area contributed by atoms with Crippen molar-refractivity contribution < 1.29 is 18.7 Å². The molecule has 2 aromatic rings. The van der Waals surface area contributed by atoms with Crippen molar-refractivity contribution >= 4 is 34.8 Å². The molecule has 0 spiro atoms. The number of carbonyl (C=O) groups excluding carboxylic acids is 2. The average molecular weight is 314 g/mol. The molecule has 0 bridgehead atoms. The topological polar surface area (TPSA) is 69.4 Å². The summed E-state index contributed by atoms with van der Waals surface area (Å²) in [5.74, 6) is -2.02. The number of rotatable bonds is 4. The second-order valence-corrected chi connectivity index (χ2v) is 5.56. The van der Waals surface area contributed by atoms with Crippen LogP contribution in [0.25, 0.3) is 0 Å². The highest BCUT2D eigenvalue weighted by molar-refractivity contribution is 7.17. The zero-order valence-electron chi connectivity index (χ0n) is 10.0. The van der Waals surface area contributed by atoms with E-state index in [4.69, 9.17) is 22.1 Å². The fraction of sp³-hybridized carbons (Fsp3) is 0.0769. The van der Waals surface area contributed by atoms with E-state index in [0.29, 0.717) is 9.90 Å². The maximum atomic E-state index is 12.8. The molecule has 0 aliphatic rings. The number of thiophene rings is 1. The molecule has 2 N–H and O–H groups in total. The van der Waals surface area contributed by atoms with E-state index in [1.54, 1.807) is 6.07 Å². The van der Waals surface area contributed by atoms with Crippen molar-refractivity contribution in [3.63, 3.8) is 0 Å². The van der Waals surface area contributed by atoms with E-state index in [9.17, 15) is 14.0 Å². The number of primary amides is 1. The molecule has 7 heteroatoms. The zero-order valence-corrected chi connectivity index (χ0v) is 11.6. The second-order valence-electron chi connectivity index (χ2n) is 3.84. The Kier molecular flexibility index (Phi) is 4.36. The van der Waals surface area contributed by atoms with Crippen LogP contribution < -0.4 is 5.73 Å². The maximum Gasteiger partial charge on any atom is 0.349 e. The number of hydrogen-bond donors (Lipinski definition) is 1.